The zero-order valence-electron chi connectivity index (χ0n) is 22.3. The lowest BCUT2D eigenvalue weighted by atomic mass is 9.87. The molecule has 13 heteroatoms. The number of pyridine rings is 1. The summed E-state index contributed by atoms with van der Waals surface area (Å²) < 4.78 is 66.8. The number of nitrogens with zero attached hydrogens (tertiary/aromatic N) is 3. The summed E-state index contributed by atoms with van der Waals surface area (Å²) in [6.07, 6.45) is 4.82. The third-order valence-corrected chi connectivity index (χ3v) is 9.46. The monoisotopic (exact) mass is 605 g/mol. The van der Waals surface area contributed by atoms with Crippen LogP contribution in [0.4, 0.5) is 19.4 Å². The highest BCUT2D eigenvalue weighted by molar-refractivity contribution is 8.45. The first-order valence-electron chi connectivity index (χ1n) is 13.5. The molecule has 1 amide bonds. The summed E-state index contributed by atoms with van der Waals surface area (Å²) in [5, 5.41) is 7.40. The molecule has 2 aliphatic carbocycles. The highest BCUT2D eigenvalue weighted by atomic mass is 32.5. The van der Waals surface area contributed by atoms with Gasteiger partial charge >= 0.3 is 10.2 Å². The van der Waals surface area contributed by atoms with E-state index in [1.54, 1.807) is 29.3 Å². The van der Waals surface area contributed by atoms with Crippen LogP contribution in [0.5, 0.6) is 0 Å². The molecule has 0 radical (unpaired) electrons. The van der Waals surface area contributed by atoms with Crippen molar-refractivity contribution in [2.75, 3.05) is 0 Å². The van der Waals surface area contributed by atoms with Crippen LogP contribution in [-0.4, -0.2) is 26.0 Å². The van der Waals surface area contributed by atoms with Crippen LogP contribution in [0.2, 0.25) is 0 Å². The van der Waals surface area contributed by atoms with Crippen LogP contribution in [-0.2, 0) is 29.7 Å². The van der Waals surface area contributed by atoms with Gasteiger partial charge in [0.25, 0.3) is 5.56 Å². The van der Waals surface area contributed by atoms with Gasteiger partial charge in [-0.15, -0.1) is 0 Å². The summed E-state index contributed by atoms with van der Waals surface area (Å²) in [5.41, 5.74) is 7.67. The minimum atomic E-state index is -9.84. The van der Waals surface area contributed by atoms with Gasteiger partial charge in [0.05, 0.1) is 28.2 Å². The van der Waals surface area contributed by atoms with Crippen molar-refractivity contribution in [1.82, 2.24) is 20.1 Å². The summed E-state index contributed by atoms with van der Waals surface area (Å²) in [6.45, 7) is -0.0198. The topological polar surface area (TPSA) is 105 Å². The third-order valence-electron chi connectivity index (χ3n) is 8.30. The lowest BCUT2D eigenvalue weighted by molar-refractivity contribution is -0.137. The summed E-state index contributed by atoms with van der Waals surface area (Å²) in [7, 11) is -9.84. The van der Waals surface area contributed by atoms with Crippen molar-refractivity contribution < 1.29 is 24.2 Å². The summed E-state index contributed by atoms with van der Waals surface area (Å²) in [4.78, 5) is 31.1. The lowest BCUT2D eigenvalue weighted by Crippen LogP contribution is -2.42. The third kappa shape index (κ3) is 5.04. The van der Waals surface area contributed by atoms with Crippen LogP contribution in [0.15, 0.2) is 70.5 Å². The van der Waals surface area contributed by atoms with Crippen molar-refractivity contribution in [3.63, 3.8) is 0 Å². The van der Waals surface area contributed by atoms with Crippen LogP contribution in [0.1, 0.15) is 59.8 Å². The Bertz CT molecular complexity index is 1770. The molecule has 0 aliphatic heterocycles. The van der Waals surface area contributed by atoms with Crippen LogP contribution < -0.4 is 11.3 Å². The number of amides is 1. The number of hydrogen-bond acceptors (Lipinski definition) is 5. The second kappa shape index (κ2) is 9.08. The fraction of sp³-hybridized carbons (Fsp3) is 0.310. The number of aromatic nitrogens is 3. The number of carbonyl (C=O) groups is 1. The number of nitrogens with one attached hydrogen (secondary N) is 1. The normalized spacial score (nSPS) is 19.4. The van der Waals surface area contributed by atoms with Crippen molar-refractivity contribution in [3.8, 4) is 0 Å². The lowest BCUT2D eigenvalue weighted by Gasteiger charge is -2.40. The van der Waals surface area contributed by atoms with E-state index in [1.807, 2.05) is 12.1 Å². The quantitative estimate of drug-likeness (QED) is 0.232. The highest BCUT2D eigenvalue weighted by Gasteiger charge is 2.65. The Balaban J connectivity index is 1.42. The maximum Gasteiger partial charge on any atom is 0.310 e. The predicted octanol–water partition coefficient (Wildman–Crippen LogP) is 6.57. The zero-order chi connectivity index (χ0) is 30.0. The minimum absolute atomic E-state index is 0.0727. The molecule has 4 aromatic rings. The number of halogens is 5. The first-order chi connectivity index (χ1) is 19.7. The van der Waals surface area contributed by atoms with Gasteiger partial charge < -0.3 is 10.6 Å². The van der Waals surface area contributed by atoms with E-state index in [0.29, 0.717) is 53.4 Å². The fourth-order valence-electron chi connectivity index (χ4n) is 5.96. The van der Waals surface area contributed by atoms with Gasteiger partial charge in [0, 0.05) is 24.7 Å². The molecule has 0 unspecified atom stereocenters. The molecule has 6 rings (SSSR count). The van der Waals surface area contributed by atoms with E-state index in [2.05, 4.69) is 15.2 Å². The van der Waals surface area contributed by atoms with Crippen molar-refractivity contribution in [2.45, 2.75) is 61.5 Å². The number of H-pyrrole nitrogens is 1. The molecule has 1 saturated carbocycles. The maximum absolute atomic E-state index is 14.5. The van der Waals surface area contributed by atoms with Crippen molar-refractivity contribution in [1.29, 1.82) is 0 Å². The van der Waals surface area contributed by atoms with Gasteiger partial charge in [-0.2, -0.15) is 5.10 Å². The Kier molecular flexibility index (Phi) is 6.11. The Labute approximate surface area is 237 Å². The second-order valence-corrected chi connectivity index (χ2v) is 13.5. The molecule has 42 heavy (non-hydrogen) atoms. The van der Waals surface area contributed by atoms with E-state index < -0.39 is 26.6 Å². The fourth-order valence-corrected chi connectivity index (χ4v) is 6.61. The summed E-state index contributed by atoms with van der Waals surface area (Å²) in [5.74, 6) is -0.241. The van der Waals surface area contributed by atoms with E-state index in [4.69, 9.17) is 5.73 Å². The van der Waals surface area contributed by atoms with E-state index in [1.165, 1.54) is 0 Å². The second-order valence-electron chi connectivity index (χ2n) is 11.0. The van der Waals surface area contributed by atoms with Gasteiger partial charge in [-0.25, -0.2) is 5.10 Å². The average Bonchev–Trinajstić information content (AvgIpc) is 3.77. The number of carbonyl (C=O) groups excluding carboxylic acids is 1. The Hall–Kier alpha value is -3.84. The number of fused-ring (bicyclic) bond motifs is 2. The average molecular weight is 606 g/mol. The summed E-state index contributed by atoms with van der Waals surface area (Å²) in [6, 6.07) is 11.2. The number of aryl methyl sites for hydroxylation is 1. The van der Waals surface area contributed by atoms with Gasteiger partial charge in [0.15, 0.2) is 0 Å². The number of hydrogen-bond donors (Lipinski definition) is 2. The van der Waals surface area contributed by atoms with Gasteiger partial charge in [-0.3, -0.25) is 14.6 Å². The van der Waals surface area contributed by atoms with E-state index in [-0.39, 0.29) is 30.1 Å². The number of aromatic amines is 1. The Morgan fingerprint density at radius 2 is 1.79 bits per heavy atom. The molecule has 2 aromatic heterocycles. The zero-order valence-corrected chi connectivity index (χ0v) is 23.2. The maximum atomic E-state index is 14.5. The minimum Gasteiger partial charge on any atom is -0.329 e. The van der Waals surface area contributed by atoms with Crippen molar-refractivity contribution in [2.24, 2.45) is 5.73 Å². The number of benzene rings is 2. The molecule has 222 valence electrons. The molecule has 1 fully saturated rings. The van der Waals surface area contributed by atoms with E-state index in [9.17, 15) is 29.0 Å². The number of rotatable bonds is 7. The largest absolute Gasteiger partial charge is 0.329 e. The van der Waals surface area contributed by atoms with Gasteiger partial charge in [-0.1, -0.05) is 43.7 Å². The van der Waals surface area contributed by atoms with Crippen LogP contribution >= 0.6 is 10.2 Å². The highest BCUT2D eigenvalue weighted by Crippen LogP contribution is 3.02. The van der Waals surface area contributed by atoms with Crippen molar-refractivity contribution >= 4 is 26.9 Å². The molecule has 0 saturated heterocycles. The first-order valence-corrected chi connectivity index (χ1v) is 15.4. The molecule has 0 bridgehead atoms. The van der Waals surface area contributed by atoms with Gasteiger partial charge in [-0.05, 0) is 79.1 Å². The predicted molar refractivity (Wildman–Crippen MR) is 149 cm³/mol. The molecular formula is C29H28F5N5O2S. The standard InChI is InChI=1S/C29H28F5N5O2S/c30-42(31,32,33,34)21-9-6-18(7-10-21)17-39(25-5-1-3-19-4-2-14-36-26(19)25)28(41)29(12-13-29)20-8-11-22-23(15-20)24(16-35)37-38-27(22)40/h2,4,6-11,14-15,25H,1,3,5,12-13,16-17,35H2,(H,38,40)/t25-/m1/s1. The Morgan fingerprint density at radius 1 is 1.05 bits per heavy atom. The van der Waals surface area contributed by atoms with Crippen LogP contribution in [0.25, 0.3) is 10.8 Å². The first kappa shape index (κ1) is 28.3. The SMILES string of the molecule is NCc1n[nH]c(=O)c2ccc(C3(C(=O)N(Cc4ccc(S(F)(F)(F)(F)F)cc4)[C@@H]4CCCc5cccnc54)CC3)cc12. The molecule has 2 aromatic carbocycles. The van der Waals surface area contributed by atoms with Gasteiger partial charge in [0.2, 0.25) is 5.91 Å². The molecule has 0 spiro atoms. The van der Waals surface area contributed by atoms with E-state index in [0.717, 1.165) is 36.2 Å². The molecule has 1 atom stereocenters. The van der Waals surface area contributed by atoms with Crippen molar-refractivity contribution in [3.05, 3.63) is 99.2 Å². The molecule has 2 aliphatic rings. The number of nitrogens with two attached hydrogens (primary N) is 1. The molecule has 3 N–H and O–H groups in total. The smallest absolute Gasteiger partial charge is 0.310 e. The molecular weight excluding hydrogens is 577 g/mol. The van der Waals surface area contributed by atoms with Crippen LogP contribution in [0, 0.1) is 0 Å². The van der Waals surface area contributed by atoms with Gasteiger partial charge in [0.1, 0.15) is 4.90 Å². The van der Waals surface area contributed by atoms with E-state index >= 15 is 0 Å². The molecule has 7 nitrogen and oxygen atoms in total. The Morgan fingerprint density at radius 3 is 2.45 bits per heavy atom. The van der Waals surface area contributed by atoms with Crippen LogP contribution in [0.3, 0.4) is 0 Å². The molecule has 2 heterocycles. The summed E-state index contributed by atoms with van der Waals surface area (Å²) >= 11 is 0.